The zero-order valence-corrected chi connectivity index (χ0v) is 10.0. The van der Waals surface area contributed by atoms with Crippen molar-refractivity contribution < 1.29 is 4.79 Å². The van der Waals surface area contributed by atoms with E-state index in [4.69, 9.17) is 11.5 Å². The number of amides is 1. The topological polar surface area (TPSA) is 94.0 Å². The first-order valence-electron chi connectivity index (χ1n) is 5.84. The van der Waals surface area contributed by atoms with E-state index in [2.05, 4.69) is 10.3 Å². The van der Waals surface area contributed by atoms with Crippen molar-refractivity contribution >= 4 is 28.2 Å². The quantitative estimate of drug-likeness (QED) is 0.548. The average molecular weight is 244 g/mol. The molecule has 0 saturated heterocycles. The summed E-state index contributed by atoms with van der Waals surface area (Å²) >= 11 is 0. The molecule has 1 aromatic heterocycles. The summed E-state index contributed by atoms with van der Waals surface area (Å²) in [5.74, 6) is -0.277. The normalized spacial score (nSPS) is 10.4. The first kappa shape index (κ1) is 12.2. The van der Waals surface area contributed by atoms with Crippen LogP contribution in [0.3, 0.4) is 0 Å². The second-order valence-electron chi connectivity index (χ2n) is 4.10. The molecule has 0 aliphatic carbocycles. The van der Waals surface area contributed by atoms with Gasteiger partial charge in [0.25, 0.3) is 0 Å². The number of rotatable bonds is 5. The van der Waals surface area contributed by atoms with Gasteiger partial charge in [-0.3, -0.25) is 9.78 Å². The van der Waals surface area contributed by atoms with Crippen molar-refractivity contribution in [1.82, 2.24) is 4.98 Å². The Bertz CT molecular complexity index is 568. The molecule has 5 nitrogen and oxygen atoms in total. The Hall–Kier alpha value is -2.30. The molecule has 5 N–H and O–H groups in total. The number of nitrogens with two attached hydrogens (primary N) is 2. The minimum absolute atomic E-state index is 0.277. The molecule has 0 radical (unpaired) electrons. The minimum atomic E-state index is -0.277. The average Bonchev–Trinajstić information content (AvgIpc) is 2.37. The van der Waals surface area contributed by atoms with Crippen molar-refractivity contribution in [1.29, 1.82) is 0 Å². The SMILES string of the molecule is NC(=O)CCCNc1ccc(N)c2ncccc12. The van der Waals surface area contributed by atoms with E-state index in [9.17, 15) is 4.79 Å². The number of benzene rings is 1. The van der Waals surface area contributed by atoms with Crippen LogP contribution in [-0.2, 0) is 4.79 Å². The lowest BCUT2D eigenvalue weighted by Gasteiger charge is -2.10. The molecule has 0 atom stereocenters. The zero-order chi connectivity index (χ0) is 13.0. The molecule has 0 aliphatic heterocycles. The predicted molar refractivity (Wildman–Crippen MR) is 73.1 cm³/mol. The fraction of sp³-hybridized carbons (Fsp3) is 0.231. The Kier molecular flexibility index (Phi) is 3.62. The molecular weight excluding hydrogens is 228 g/mol. The van der Waals surface area contributed by atoms with Crippen molar-refractivity contribution in [3.8, 4) is 0 Å². The second kappa shape index (κ2) is 5.35. The lowest BCUT2D eigenvalue weighted by molar-refractivity contribution is -0.118. The number of nitrogen functional groups attached to an aromatic ring is 1. The van der Waals surface area contributed by atoms with Crippen LogP contribution in [0.1, 0.15) is 12.8 Å². The Balaban J connectivity index is 2.14. The molecule has 1 aromatic carbocycles. The molecule has 2 rings (SSSR count). The molecule has 94 valence electrons. The van der Waals surface area contributed by atoms with Gasteiger partial charge in [-0.25, -0.2) is 0 Å². The van der Waals surface area contributed by atoms with Gasteiger partial charge in [-0.05, 0) is 30.7 Å². The van der Waals surface area contributed by atoms with E-state index in [1.54, 1.807) is 6.20 Å². The van der Waals surface area contributed by atoms with Crippen LogP contribution in [-0.4, -0.2) is 17.4 Å². The first-order valence-corrected chi connectivity index (χ1v) is 5.84. The van der Waals surface area contributed by atoms with Crippen LogP contribution >= 0.6 is 0 Å². The highest BCUT2D eigenvalue weighted by Crippen LogP contribution is 2.26. The number of hydrogen-bond acceptors (Lipinski definition) is 4. The van der Waals surface area contributed by atoms with Crippen molar-refractivity contribution in [2.45, 2.75) is 12.8 Å². The molecule has 0 bridgehead atoms. The Morgan fingerprint density at radius 3 is 2.94 bits per heavy atom. The van der Waals surface area contributed by atoms with Gasteiger partial charge in [0.1, 0.15) is 0 Å². The van der Waals surface area contributed by atoms with Crippen molar-refractivity contribution in [2.24, 2.45) is 5.73 Å². The van der Waals surface area contributed by atoms with Crippen LogP contribution in [0.5, 0.6) is 0 Å². The summed E-state index contributed by atoms with van der Waals surface area (Å²) in [6.45, 7) is 0.691. The fourth-order valence-corrected chi connectivity index (χ4v) is 1.83. The Morgan fingerprint density at radius 1 is 1.33 bits per heavy atom. The smallest absolute Gasteiger partial charge is 0.217 e. The summed E-state index contributed by atoms with van der Waals surface area (Å²) < 4.78 is 0. The molecule has 0 unspecified atom stereocenters. The Labute approximate surface area is 105 Å². The lowest BCUT2D eigenvalue weighted by atomic mass is 10.1. The second-order valence-corrected chi connectivity index (χ2v) is 4.10. The zero-order valence-electron chi connectivity index (χ0n) is 10.0. The number of pyridine rings is 1. The number of carbonyl (C=O) groups is 1. The molecule has 0 spiro atoms. The van der Waals surface area contributed by atoms with Crippen LogP contribution in [0.15, 0.2) is 30.5 Å². The summed E-state index contributed by atoms with van der Waals surface area (Å²) in [4.78, 5) is 14.9. The molecule has 18 heavy (non-hydrogen) atoms. The van der Waals surface area contributed by atoms with Gasteiger partial charge in [0, 0.05) is 30.2 Å². The summed E-state index contributed by atoms with van der Waals surface area (Å²) in [7, 11) is 0. The van der Waals surface area contributed by atoms with Gasteiger partial charge in [0.2, 0.25) is 5.91 Å². The van der Waals surface area contributed by atoms with Gasteiger partial charge in [-0.1, -0.05) is 0 Å². The number of nitrogens with zero attached hydrogens (tertiary/aromatic N) is 1. The van der Waals surface area contributed by atoms with Gasteiger partial charge in [0.05, 0.1) is 11.2 Å². The molecule has 2 aromatic rings. The van der Waals surface area contributed by atoms with Gasteiger partial charge < -0.3 is 16.8 Å². The molecule has 5 heteroatoms. The summed E-state index contributed by atoms with van der Waals surface area (Å²) in [6.07, 6.45) is 2.81. The third-order valence-electron chi connectivity index (χ3n) is 2.72. The maximum Gasteiger partial charge on any atom is 0.217 e. The van der Waals surface area contributed by atoms with E-state index in [1.807, 2.05) is 24.3 Å². The number of fused-ring (bicyclic) bond motifs is 1. The number of primary amides is 1. The number of aromatic nitrogens is 1. The van der Waals surface area contributed by atoms with E-state index in [-0.39, 0.29) is 5.91 Å². The van der Waals surface area contributed by atoms with Crippen LogP contribution in [0, 0.1) is 0 Å². The number of hydrogen-bond donors (Lipinski definition) is 3. The van der Waals surface area contributed by atoms with Gasteiger partial charge >= 0.3 is 0 Å². The molecular formula is C13H16N4O. The summed E-state index contributed by atoms with van der Waals surface area (Å²) in [5, 5.41) is 4.25. The molecule has 1 amide bonds. The molecule has 0 fully saturated rings. The van der Waals surface area contributed by atoms with E-state index < -0.39 is 0 Å². The molecule has 0 aliphatic rings. The van der Waals surface area contributed by atoms with E-state index in [0.717, 1.165) is 16.6 Å². The summed E-state index contributed by atoms with van der Waals surface area (Å²) in [5.41, 5.74) is 13.4. The lowest BCUT2D eigenvalue weighted by Crippen LogP contribution is -2.12. The summed E-state index contributed by atoms with van der Waals surface area (Å²) in [6, 6.07) is 7.58. The third-order valence-corrected chi connectivity index (χ3v) is 2.72. The molecule has 0 saturated carbocycles. The highest BCUT2D eigenvalue weighted by atomic mass is 16.1. The minimum Gasteiger partial charge on any atom is -0.397 e. The van der Waals surface area contributed by atoms with Crippen LogP contribution in [0.4, 0.5) is 11.4 Å². The highest BCUT2D eigenvalue weighted by Gasteiger charge is 2.04. The van der Waals surface area contributed by atoms with Crippen molar-refractivity contribution in [2.75, 3.05) is 17.6 Å². The predicted octanol–water partition coefficient (Wildman–Crippen LogP) is 1.49. The number of carbonyl (C=O) groups excluding carboxylic acids is 1. The largest absolute Gasteiger partial charge is 0.397 e. The van der Waals surface area contributed by atoms with E-state index >= 15 is 0 Å². The van der Waals surface area contributed by atoms with Crippen LogP contribution in [0.2, 0.25) is 0 Å². The van der Waals surface area contributed by atoms with Crippen LogP contribution in [0.25, 0.3) is 10.9 Å². The Morgan fingerprint density at radius 2 is 2.17 bits per heavy atom. The van der Waals surface area contributed by atoms with E-state index in [1.165, 1.54) is 0 Å². The van der Waals surface area contributed by atoms with E-state index in [0.29, 0.717) is 25.1 Å². The number of nitrogens with one attached hydrogen (secondary N) is 1. The maximum atomic E-state index is 10.6. The van der Waals surface area contributed by atoms with Crippen molar-refractivity contribution in [3.05, 3.63) is 30.5 Å². The number of anilines is 2. The van der Waals surface area contributed by atoms with Crippen molar-refractivity contribution in [3.63, 3.8) is 0 Å². The van der Waals surface area contributed by atoms with Crippen LogP contribution < -0.4 is 16.8 Å². The van der Waals surface area contributed by atoms with Gasteiger partial charge in [-0.15, -0.1) is 0 Å². The maximum absolute atomic E-state index is 10.6. The standard InChI is InChI=1S/C13H16N4O/c14-10-5-6-11(16-7-2-4-12(15)18)9-3-1-8-17-13(9)10/h1,3,5-6,8,16H,2,4,7,14H2,(H2,15,18). The molecule has 1 heterocycles. The monoisotopic (exact) mass is 244 g/mol. The van der Waals surface area contributed by atoms with Gasteiger partial charge in [-0.2, -0.15) is 0 Å². The highest BCUT2D eigenvalue weighted by molar-refractivity contribution is 5.98. The van der Waals surface area contributed by atoms with Gasteiger partial charge in [0.15, 0.2) is 0 Å². The first-order chi connectivity index (χ1) is 8.68. The third kappa shape index (κ3) is 2.68. The fourth-order valence-electron chi connectivity index (χ4n) is 1.83.